The molecule has 62 heavy (non-hydrogen) atoms. The van der Waals surface area contributed by atoms with E-state index in [4.69, 9.17) is 25.9 Å². The van der Waals surface area contributed by atoms with Crippen molar-refractivity contribution >= 4 is 57.2 Å². The van der Waals surface area contributed by atoms with E-state index in [0.29, 0.717) is 28.6 Å². The predicted octanol–water partition coefficient (Wildman–Crippen LogP) is 13.1. The molecule has 10 aromatic rings. The minimum atomic E-state index is -0.0644. The molecule has 0 aliphatic heterocycles. The molecule has 3 aromatic heterocycles. The zero-order valence-corrected chi connectivity index (χ0v) is 34.7. The predicted molar refractivity (Wildman–Crippen MR) is 255 cm³/mol. The molecule has 3 heterocycles. The molecule has 0 amide bonds. The smallest absolute Gasteiger partial charge is 0.188 e. The fourth-order valence-electron chi connectivity index (χ4n) is 8.31. The molecular formula is C56H41N5O. The second kappa shape index (κ2) is 15.5. The van der Waals surface area contributed by atoms with Crippen LogP contribution in [-0.2, 0) is 5.41 Å². The quantitative estimate of drug-likeness (QED) is 0.151. The molecule has 0 N–H and O–H groups in total. The molecule has 0 fully saturated rings. The molecule has 0 radical (unpaired) electrons. The molecule has 0 saturated heterocycles. The lowest BCUT2D eigenvalue weighted by Crippen LogP contribution is -2.17. The second-order valence-corrected chi connectivity index (χ2v) is 16.5. The zero-order chi connectivity index (χ0) is 42.4. The normalized spacial score (nSPS) is 12.2. The molecular weight excluding hydrogens is 759 g/mol. The van der Waals surface area contributed by atoms with Crippen molar-refractivity contribution in [3.8, 4) is 50.7 Å². The number of rotatable bonds is 7. The highest BCUT2D eigenvalue weighted by Gasteiger charge is 2.24. The van der Waals surface area contributed by atoms with Crippen LogP contribution in [0.25, 0.3) is 107 Å². The Bertz CT molecular complexity index is 3450. The van der Waals surface area contributed by atoms with Gasteiger partial charge in [-0.3, -0.25) is 0 Å². The minimum Gasteiger partial charge on any atom is -0.457 e. The lowest BCUT2D eigenvalue weighted by atomic mass is 9.86. The Morgan fingerprint density at radius 1 is 0.597 bits per heavy atom. The Hall–Kier alpha value is -8.14. The van der Waals surface area contributed by atoms with Crippen molar-refractivity contribution in [1.29, 1.82) is 0 Å². The molecule has 6 heteroatoms. The Kier molecular flexibility index (Phi) is 9.50. The number of nitrogens with zero attached hydrogens (tertiary/aromatic N) is 5. The standard InChI is InChI=1S/C56H41N5O/c1-36-43(44-24-15-16-26-51(44)62-36)25-17-27-52-58-54(39-22-13-8-14-23-39)60-55(59-52)40-32-45(37-18-9-6-10-19-37)53(46(33-40)38-20-11-7-12-21-38)61-49-30-28-41(56(2,3)4)34-47(49)48-35-42(57-5)29-31-50(48)61/h6-35H,1H2,2-4H3/b27-17+,43-25+. The Morgan fingerprint density at radius 3 is 1.79 bits per heavy atom. The van der Waals surface area contributed by atoms with Gasteiger partial charge in [-0.15, -0.1) is 0 Å². The van der Waals surface area contributed by atoms with Crippen LogP contribution in [0, 0.1) is 6.57 Å². The van der Waals surface area contributed by atoms with Crippen LogP contribution in [0.4, 0.5) is 5.69 Å². The Labute approximate surface area is 360 Å². The van der Waals surface area contributed by atoms with E-state index in [9.17, 15) is 0 Å². The van der Waals surface area contributed by atoms with Crippen molar-refractivity contribution in [3.63, 3.8) is 0 Å². The summed E-state index contributed by atoms with van der Waals surface area (Å²) in [6.45, 7) is 18.8. The van der Waals surface area contributed by atoms with Crippen LogP contribution in [0.1, 0.15) is 32.2 Å². The summed E-state index contributed by atoms with van der Waals surface area (Å²) in [4.78, 5) is 19.1. The van der Waals surface area contributed by atoms with E-state index in [-0.39, 0.29) is 5.41 Å². The van der Waals surface area contributed by atoms with Gasteiger partial charge in [0.05, 0.1) is 23.3 Å². The highest BCUT2D eigenvalue weighted by atomic mass is 16.3. The maximum absolute atomic E-state index is 7.92. The summed E-state index contributed by atoms with van der Waals surface area (Å²) >= 11 is 0. The summed E-state index contributed by atoms with van der Waals surface area (Å²) in [5.74, 6) is 1.63. The molecule has 0 bridgehead atoms. The molecule has 296 valence electrons. The first-order valence-electron chi connectivity index (χ1n) is 20.7. The first-order chi connectivity index (χ1) is 30.2. The van der Waals surface area contributed by atoms with Gasteiger partial charge in [0.1, 0.15) is 11.0 Å². The molecule has 0 atom stereocenters. The molecule has 10 rings (SSSR count). The van der Waals surface area contributed by atoms with Crippen LogP contribution in [0.5, 0.6) is 0 Å². The third kappa shape index (κ3) is 6.96. The molecule has 0 spiro atoms. The summed E-state index contributed by atoms with van der Waals surface area (Å²) < 4.78 is 8.31. The van der Waals surface area contributed by atoms with Gasteiger partial charge in [-0.2, -0.15) is 0 Å². The van der Waals surface area contributed by atoms with Crippen LogP contribution < -0.4 is 10.6 Å². The number of hydrogen-bond donors (Lipinski definition) is 0. The van der Waals surface area contributed by atoms with E-state index >= 15 is 0 Å². The van der Waals surface area contributed by atoms with Gasteiger partial charge in [0, 0.05) is 38.2 Å². The van der Waals surface area contributed by atoms with E-state index in [1.54, 1.807) is 0 Å². The van der Waals surface area contributed by atoms with Crippen molar-refractivity contribution in [3.05, 3.63) is 203 Å². The van der Waals surface area contributed by atoms with Crippen LogP contribution >= 0.6 is 0 Å². The molecule has 0 unspecified atom stereocenters. The van der Waals surface area contributed by atoms with Gasteiger partial charge in [0.15, 0.2) is 23.2 Å². The van der Waals surface area contributed by atoms with E-state index in [1.807, 2.05) is 97.1 Å². The van der Waals surface area contributed by atoms with Crippen LogP contribution in [0.15, 0.2) is 174 Å². The van der Waals surface area contributed by atoms with E-state index in [0.717, 1.165) is 77.1 Å². The van der Waals surface area contributed by atoms with E-state index in [2.05, 4.69) is 122 Å². The lowest BCUT2D eigenvalue weighted by Gasteiger charge is -2.22. The van der Waals surface area contributed by atoms with Crippen molar-refractivity contribution in [1.82, 2.24) is 19.5 Å². The topological polar surface area (TPSA) is 61.1 Å². The number of fused-ring (bicyclic) bond motifs is 4. The number of hydrogen-bond acceptors (Lipinski definition) is 4. The van der Waals surface area contributed by atoms with Crippen LogP contribution in [0.2, 0.25) is 0 Å². The number of benzene rings is 7. The first-order valence-corrected chi connectivity index (χ1v) is 20.7. The summed E-state index contributed by atoms with van der Waals surface area (Å²) in [6.07, 6.45) is 5.85. The van der Waals surface area contributed by atoms with Crippen molar-refractivity contribution in [2.75, 3.05) is 0 Å². The monoisotopic (exact) mass is 799 g/mol. The van der Waals surface area contributed by atoms with Gasteiger partial charge in [0.2, 0.25) is 0 Å². The van der Waals surface area contributed by atoms with Gasteiger partial charge in [-0.05, 0) is 76.0 Å². The molecule has 0 saturated carbocycles. The average molecular weight is 800 g/mol. The second-order valence-electron chi connectivity index (χ2n) is 16.5. The summed E-state index contributed by atoms with van der Waals surface area (Å²) in [7, 11) is 0. The van der Waals surface area contributed by atoms with Crippen molar-refractivity contribution < 1.29 is 4.42 Å². The first kappa shape index (κ1) is 38.1. The Balaban J connectivity index is 1.26. The van der Waals surface area contributed by atoms with Crippen molar-refractivity contribution in [2.24, 2.45) is 0 Å². The highest BCUT2D eigenvalue weighted by Crippen LogP contribution is 2.45. The van der Waals surface area contributed by atoms with Gasteiger partial charge >= 0.3 is 0 Å². The van der Waals surface area contributed by atoms with E-state index in [1.165, 1.54) is 5.56 Å². The zero-order valence-electron chi connectivity index (χ0n) is 34.7. The fourth-order valence-corrected chi connectivity index (χ4v) is 8.31. The third-order valence-corrected chi connectivity index (χ3v) is 11.4. The largest absolute Gasteiger partial charge is 0.457 e. The van der Waals surface area contributed by atoms with Gasteiger partial charge in [0.25, 0.3) is 0 Å². The SMILES string of the molecule is [C-]#[N+]c1ccc2c(c1)c1cc(C(C)(C)C)ccc1n2-c1c(-c2ccccc2)cc(-c2nc(/C=C/C=c3\c(=C)oc4ccccc34)nc(-c3ccccc3)n2)cc1-c1ccccc1. The average Bonchev–Trinajstić information content (AvgIpc) is 3.81. The summed E-state index contributed by atoms with van der Waals surface area (Å²) in [6, 6.07) is 56.2. The number of para-hydroxylation sites is 1. The summed E-state index contributed by atoms with van der Waals surface area (Å²) in [5, 5.41) is 4.05. The summed E-state index contributed by atoms with van der Waals surface area (Å²) in [5.41, 5.74) is 12.1. The third-order valence-electron chi connectivity index (χ3n) is 11.4. The van der Waals surface area contributed by atoms with Crippen LogP contribution in [-0.4, -0.2) is 19.5 Å². The lowest BCUT2D eigenvalue weighted by molar-refractivity contribution is 0.577. The maximum atomic E-state index is 7.92. The highest BCUT2D eigenvalue weighted by molar-refractivity contribution is 6.12. The molecule has 7 aromatic carbocycles. The minimum absolute atomic E-state index is 0.0644. The number of furan rings is 1. The number of aromatic nitrogens is 4. The van der Waals surface area contributed by atoms with Crippen LogP contribution in [0.3, 0.4) is 0 Å². The molecule has 6 nitrogen and oxygen atoms in total. The van der Waals surface area contributed by atoms with Crippen molar-refractivity contribution in [2.45, 2.75) is 26.2 Å². The fraction of sp³-hybridized carbons (Fsp3) is 0.0714. The molecule has 0 aliphatic rings. The molecule has 0 aliphatic carbocycles. The number of allylic oxidation sites excluding steroid dienone is 1. The van der Waals surface area contributed by atoms with Gasteiger partial charge in [-0.1, -0.05) is 161 Å². The van der Waals surface area contributed by atoms with Gasteiger partial charge in [-0.25, -0.2) is 19.8 Å². The maximum Gasteiger partial charge on any atom is 0.188 e. The Morgan fingerprint density at radius 2 is 1.16 bits per heavy atom. The van der Waals surface area contributed by atoms with Gasteiger partial charge < -0.3 is 8.98 Å². The van der Waals surface area contributed by atoms with E-state index < -0.39 is 0 Å².